The summed E-state index contributed by atoms with van der Waals surface area (Å²) in [5.74, 6) is 1.06. The first kappa shape index (κ1) is 15.3. The number of rotatable bonds is 7. The van der Waals surface area contributed by atoms with E-state index in [2.05, 4.69) is 5.32 Å². The quantitative estimate of drug-likeness (QED) is 0.765. The van der Waals surface area contributed by atoms with Crippen molar-refractivity contribution in [2.75, 3.05) is 27.9 Å². The molecule has 5 nitrogen and oxygen atoms in total. The molecule has 1 aromatic rings. The Morgan fingerprint density at radius 1 is 1.21 bits per heavy atom. The molecule has 0 aliphatic rings. The standard InChI is InChI=1S/C14H21NO4/c1-5-15-11(9-14(16)19-4)10-6-7-12(17-2)13(8-10)18-3/h6-8,11,15H,5,9H2,1-4H3. The van der Waals surface area contributed by atoms with Crippen LogP contribution in [0.5, 0.6) is 11.5 Å². The molecule has 0 spiro atoms. The smallest absolute Gasteiger partial charge is 0.307 e. The average Bonchev–Trinajstić information content (AvgIpc) is 2.45. The van der Waals surface area contributed by atoms with Crippen LogP contribution in [0, 0.1) is 0 Å². The number of methoxy groups -OCH3 is 3. The Labute approximate surface area is 113 Å². The van der Waals surface area contributed by atoms with Gasteiger partial charge in [-0.25, -0.2) is 0 Å². The number of nitrogens with one attached hydrogen (secondary N) is 1. The minimum Gasteiger partial charge on any atom is -0.493 e. The molecule has 0 saturated heterocycles. The average molecular weight is 267 g/mol. The summed E-state index contributed by atoms with van der Waals surface area (Å²) in [6, 6.07) is 5.51. The molecule has 5 heteroatoms. The molecule has 1 atom stereocenters. The second-order valence-electron chi connectivity index (χ2n) is 4.00. The lowest BCUT2D eigenvalue weighted by atomic mass is 10.0. The molecule has 106 valence electrons. The van der Waals surface area contributed by atoms with Crippen LogP contribution in [0.1, 0.15) is 24.9 Å². The molecule has 0 saturated carbocycles. The molecule has 1 aromatic carbocycles. The number of esters is 1. The van der Waals surface area contributed by atoms with E-state index in [-0.39, 0.29) is 18.4 Å². The van der Waals surface area contributed by atoms with E-state index in [0.29, 0.717) is 11.5 Å². The molecule has 1 N–H and O–H groups in total. The fourth-order valence-corrected chi connectivity index (χ4v) is 1.87. The van der Waals surface area contributed by atoms with Gasteiger partial charge in [0.1, 0.15) is 0 Å². The maximum atomic E-state index is 11.4. The van der Waals surface area contributed by atoms with Gasteiger partial charge in [-0.2, -0.15) is 0 Å². The lowest BCUT2D eigenvalue weighted by Gasteiger charge is -2.18. The Balaban J connectivity index is 2.98. The first-order valence-corrected chi connectivity index (χ1v) is 6.18. The van der Waals surface area contributed by atoms with Crippen LogP contribution in [0.4, 0.5) is 0 Å². The fourth-order valence-electron chi connectivity index (χ4n) is 1.87. The Kier molecular flexibility index (Phi) is 6.15. The van der Waals surface area contributed by atoms with Gasteiger partial charge in [0.15, 0.2) is 11.5 Å². The van der Waals surface area contributed by atoms with Crippen molar-refractivity contribution >= 4 is 5.97 Å². The third kappa shape index (κ3) is 4.13. The van der Waals surface area contributed by atoms with Gasteiger partial charge >= 0.3 is 5.97 Å². The largest absolute Gasteiger partial charge is 0.493 e. The Bertz CT molecular complexity index is 420. The van der Waals surface area contributed by atoms with E-state index < -0.39 is 0 Å². The van der Waals surface area contributed by atoms with Crippen LogP contribution in [0.3, 0.4) is 0 Å². The van der Waals surface area contributed by atoms with Crippen LogP contribution in [0.15, 0.2) is 18.2 Å². The van der Waals surface area contributed by atoms with Gasteiger partial charge < -0.3 is 19.5 Å². The van der Waals surface area contributed by atoms with Crippen LogP contribution in [-0.2, 0) is 9.53 Å². The summed E-state index contributed by atoms with van der Waals surface area (Å²) in [6.45, 7) is 2.75. The highest BCUT2D eigenvalue weighted by Gasteiger charge is 2.17. The van der Waals surface area contributed by atoms with Crippen molar-refractivity contribution in [3.8, 4) is 11.5 Å². The van der Waals surface area contributed by atoms with E-state index >= 15 is 0 Å². The lowest BCUT2D eigenvalue weighted by Crippen LogP contribution is -2.24. The van der Waals surface area contributed by atoms with Gasteiger partial charge in [-0.05, 0) is 24.2 Å². The first-order chi connectivity index (χ1) is 9.15. The SMILES string of the molecule is CCNC(CC(=O)OC)c1ccc(OC)c(OC)c1. The number of ether oxygens (including phenoxy) is 3. The second-order valence-corrected chi connectivity index (χ2v) is 4.00. The van der Waals surface area contributed by atoms with Gasteiger partial charge in [-0.15, -0.1) is 0 Å². The van der Waals surface area contributed by atoms with Gasteiger partial charge in [0.25, 0.3) is 0 Å². The number of carbonyl (C=O) groups excluding carboxylic acids is 1. The zero-order valence-corrected chi connectivity index (χ0v) is 11.9. The molecule has 1 unspecified atom stereocenters. The second kappa shape index (κ2) is 7.63. The van der Waals surface area contributed by atoms with Crippen molar-refractivity contribution in [2.24, 2.45) is 0 Å². The Hall–Kier alpha value is -1.75. The minimum atomic E-state index is -0.249. The highest BCUT2D eigenvalue weighted by Crippen LogP contribution is 2.30. The van der Waals surface area contributed by atoms with Gasteiger partial charge in [-0.3, -0.25) is 4.79 Å². The molecule has 0 amide bonds. The fraction of sp³-hybridized carbons (Fsp3) is 0.500. The van der Waals surface area contributed by atoms with Crippen molar-refractivity contribution in [1.29, 1.82) is 0 Å². The van der Waals surface area contributed by atoms with Crippen molar-refractivity contribution in [3.05, 3.63) is 23.8 Å². The summed E-state index contributed by atoms with van der Waals surface area (Å²) in [6.07, 6.45) is 0.278. The zero-order valence-electron chi connectivity index (χ0n) is 11.9. The summed E-state index contributed by atoms with van der Waals surface area (Å²) < 4.78 is 15.2. The molecule has 0 heterocycles. The first-order valence-electron chi connectivity index (χ1n) is 6.18. The van der Waals surface area contributed by atoms with Crippen molar-refractivity contribution in [2.45, 2.75) is 19.4 Å². The maximum absolute atomic E-state index is 11.4. The molecule has 19 heavy (non-hydrogen) atoms. The third-order valence-electron chi connectivity index (χ3n) is 2.86. The summed E-state index contributed by atoms with van der Waals surface area (Å²) >= 11 is 0. The molecule has 0 aromatic heterocycles. The van der Waals surface area contributed by atoms with Crippen molar-refractivity contribution < 1.29 is 19.0 Å². The third-order valence-corrected chi connectivity index (χ3v) is 2.86. The van der Waals surface area contributed by atoms with Crippen LogP contribution in [0.2, 0.25) is 0 Å². The summed E-state index contributed by atoms with van der Waals surface area (Å²) in [5, 5.41) is 3.26. The predicted octanol–water partition coefficient (Wildman–Crippen LogP) is 1.92. The molecule has 0 aliphatic heterocycles. The zero-order chi connectivity index (χ0) is 14.3. The molecule has 0 radical (unpaired) electrons. The van der Waals surface area contributed by atoms with E-state index in [1.165, 1.54) is 7.11 Å². The highest BCUT2D eigenvalue weighted by atomic mass is 16.5. The van der Waals surface area contributed by atoms with Crippen molar-refractivity contribution in [1.82, 2.24) is 5.32 Å². The lowest BCUT2D eigenvalue weighted by molar-refractivity contribution is -0.141. The normalized spacial score (nSPS) is 11.8. The Morgan fingerprint density at radius 2 is 1.89 bits per heavy atom. The van der Waals surface area contributed by atoms with E-state index in [1.54, 1.807) is 14.2 Å². The predicted molar refractivity (Wildman–Crippen MR) is 72.6 cm³/mol. The van der Waals surface area contributed by atoms with Crippen LogP contribution < -0.4 is 14.8 Å². The number of hydrogen-bond donors (Lipinski definition) is 1. The van der Waals surface area contributed by atoms with Crippen LogP contribution in [-0.4, -0.2) is 33.8 Å². The van der Waals surface area contributed by atoms with Gasteiger partial charge in [0.2, 0.25) is 0 Å². The van der Waals surface area contributed by atoms with E-state index in [9.17, 15) is 4.79 Å². The summed E-state index contributed by atoms with van der Waals surface area (Å²) in [5.41, 5.74) is 0.963. The van der Waals surface area contributed by atoms with Gasteiger partial charge in [0, 0.05) is 6.04 Å². The molecule has 0 bridgehead atoms. The van der Waals surface area contributed by atoms with E-state index in [1.807, 2.05) is 25.1 Å². The summed E-state index contributed by atoms with van der Waals surface area (Å²) in [4.78, 5) is 11.4. The molecular weight excluding hydrogens is 246 g/mol. The van der Waals surface area contributed by atoms with Gasteiger partial charge in [-0.1, -0.05) is 13.0 Å². The summed E-state index contributed by atoms with van der Waals surface area (Å²) in [7, 11) is 4.57. The number of benzene rings is 1. The van der Waals surface area contributed by atoms with Crippen LogP contribution >= 0.6 is 0 Å². The topological polar surface area (TPSA) is 56.8 Å². The molecular formula is C14H21NO4. The van der Waals surface area contributed by atoms with Crippen molar-refractivity contribution in [3.63, 3.8) is 0 Å². The van der Waals surface area contributed by atoms with Crippen LogP contribution in [0.25, 0.3) is 0 Å². The van der Waals surface area contributed by atoms with E-state index in [4.69, 9.17) is 14.2 Å². The minimum absolute atomic E-state index is 0.0998. The maximum Gasteiger partial charge on any atom is 0.307 e. The highest BCUT2D eigenvalue weighted by molar-refractivity contribution is 5.70. The Morgan fingerprint density at radius 3 is 2.42 bits per heavy atom. The van der Waals surface area contributed by atoms with E-state index in [0.717, 1.165) is 12.1 Å². The molecule has 0 fully saturated rings. The molecule has 0 aliphatic carbocycles. The monoisotopic (exact) mass is 267 g/mol. The number of hydrogen-bond acceptors (Lipinski definition) is 5. The molecule has 1 rings (SSSR count). The van der Waals surface area contributed by atoms with Gasteiger partial charge in [0.05, 0.1) is 27.8 Å². The number of carbonyl (C=O) groups is 1.